The molecule has 0 aliphatic carbocycles. The van der Waals surface area contributed by atoms with Crippen molar-refractivity contribution >= 4 is 17.1 Å². The van der Waals surface area contributed by atoms with E-state index in [1.807, 2.05) is 34.9 Å². The third-order valence-corrected chi connectivity index (χ3v) is 5.39. The lowest BCUT2D eigenvalue weighted by atomic mass is 10.1. The number of fused-ring (bicyclic) bond motifs is 1. The first kappa shape index (κ1) is 17.5. The number of hydrogen-bond acceptors (Lipinski definition) is 5. The van der Waals surface area contributed by atoms with E-state index in [0.29, 0.717) is 11.2 Å². The first-order valence-electron chi connectivity index (χ1n) is 9.17. The van der Waals surface area contributed by atoms with Crippen molar-refractivity contribution in [3.63, 3.8) is 0 Å². The number of rotatable bonds is 3. The molecule has 1 fully saturated rings. The highest BCUT2D eigenvalue weighted by atomic mass is 16.2. The molecule has 1 aliphatic heterocycles. The molecular weight excluding hydrogens is 344 g/mol. The summed E-state index contributed by atoms with van der Waals surface area (Å²) >= 11 is 0. The monoisotopic (exact) mass is 368 g/mol. The fraction of sp³-hybridized carbons (Fsp3) is 0.421. The van der Waals surface area contributed by atoms with Gasteiger partial charge in [0.1, 0.15) is 0 Å². The number of nitrogens with zero attached hydrogens (tertiary/aromatic N) is 5. The van der Waals surface area contributed by atoms with Crippen molar-refractivity contribution < 1.29 is 0 Å². The van der Waals surface area contributed by atoms with Crippen molar-refractivity contribution in [1.82, 2.24) is 24.0 Å². The molecule has 0 bridgehead atoms. The number of piperazine rings is 1. The van der Waals surface area contributed by atoms with Crippen LogP contribution in [0.25, 0.3) is 11.2 Å². The Morgan fingerprint density at radius 2 is 1.70 bits per heavy atom. The van der Waals surface area contributed by atoms with Crippen LogP contribution in [0.5, 0.6) is 0 Å². The first-order valence-corrected chi connectivity index (χ1v) is 9.17. The average molecular weight is 368 g/mol. The topological polar surface area (TPSA) is 79.2 Å². The molecule has 0 spiro atoms. The second kappa shape index (κ2) is 6.70. The quantitative estimate of drug-likeness (QED) is 0.739. The number of hydrogen-bond donors (Lipinski definition) is 1. The number of likely N-dealkylation sites (N-methyl/N-ethyl adjacent to an activating group) is 1. The maximum absolute atomic E-state index is 12.7. The predicted molar refractivity (Wildman–Crippen MR) is 106 cm³/mol. The lowest BCUT2D eigenvalue weighted by Gasteiger charge is -2.34. The molecule has 0 saturated carbocycles. The van der Waals surface area contributed by atoms with Crippen molar-refractivity contribution in [2.24, 2.45) is 7.05 Å². The SMILES string of the molecule is CC(c1ccccc1)n1c(N2CCN(C)CC2)nc2c1c(=O)[nH]c(=O)n2C. The zero-order valence-corrected chi connectivity index (χ0v) is 15.8. The van der Waals surface area contributed by atoms with Gasteiger partial charge in [0.25, 0.3) is 5.56 Å². The van der Waals surface area contributed by atoms with Gasteiger partial charge in [0, 0.05) is 33.2 Å². The van der Waals surface area contributed by atoms with Crippen LogP contribution in [0.15, 0.2) is 39.9 Å². The van der Waals surface area contributed by atoms with Gasteiger partial charge in [0.15, 0.2) is 11.2 Å². The van der Waals surface area contributed by atoms with Crippen LogP contribution >= 0.6 is 0 Å². The number of aromatic nitrogens is 4. The summed E-state index contributed by atoms with van der Waals surface area (Å²) in [6.07, 6.45) is 0. The second-order valence-corrected chi connectivity index (χ2v) is 7.15. The molecule has 27 heavy (non-hydrogen) atoms. The number of aromatic amines is 1. The van der Waals surface area contributed by atoms with Gasteiger partial charge < -0.3 is 9.80 Å². The van der Waals surface area contributed by atoms with Crippen LogP contribution in [0, 0.1) is 0 Å². The summed E-state index contributed by atoms with van der Waals surface area (Å²) in [7, 11) is 3.74. The number of anilines is 1. The number of benzene rings is 1. The van der Waals surface area contributed by atoms with E-state index in [1.54, 1.807) is 7.05 Å². The van der Waals surface area contributed by atoms with Crippen LogP contribution < -0.4 is 16.1 Å². The highest BCUT2D eigenvalue weighted by molar-refractivity contribution is 5.75. The molecule has 3 heterocycles. The minimum absolute atomic E-state index is 0.0931. The van der Waals surface area contributed by atoms with Crippen LogP contribution in [0.3, 0.4) is 0 Å². The lowest BCUT2D eigenvalue weighted by Crippen LogP contribution is -2.45. The van der Waals surface area contributed by atoms with Crippen molar-refractivity contribution in [3.05, 3.63) is 56.7 Å². The Hall–Kier alpha value is -2.87. The summed E-state index contributed by atoms with van der Waals surface area (Å²) < 4.78 is 3.37. The van der Waals surface area contributed by atoms with Gasteiger partial charge in [-0.25, -0.2) is 4.79 Å². The highest BCUT2D eigenvalue weighted by Gasteiger charge is 2.26. The lowest BCUT2D eigenvalue weighted by molar-refractivity contribution is 0.310. The molecule has 1 aliphatic rings. The Kier molecular flexibility index (Phi) is 4.35. The van der Waals surface area contributed by atoms with Gasteiger partial charge in [0.05, 0.1) is 6.04 Å². The Bertz CT molecular complexity index is 1070. The van der Waals surface area contributed by atoms with Gasteiger partial charge in [-0.15, -0.1) is 0 Å². The van der Waals surface area contributed by atoms with E-state index in [1.165, 1.54) is 4.57 Å². The Balaban J connectivity index is 1.96. The molecule has 8 heteroatoms. The molecule has 2 aromatic heterocycles. The maximum Gasteiger partial charge on any atom is 0.329 e. The van der Waals surface area contributed by atoms with E-state index >= 15 is 0 Å². The predicted octanol–water partition coefficient (Wildman–Crippen LogP) is 0.784. The van der Waals surface area contributed by atoms with E-state index in [-0.39, 0.29) is 6.04 Å². The van der Waals surface area contributed by atoms with E-state index in [9.17, 15) is 9.59 Å². The van der Waals surface area contributed by atoms with E-state index in [4.69, 9.17) is 4.98 Å². The Morgan fingerprint density at radius 1 is 1.04 bits per heavy atom. The van der Waals surface area contributed by atoms with Crippen LogP contribution in [-0.4, -0.2) is 57.2 Å². The van der Waals surface area contributed by atoms with Crippen molar-refractivity contribution in [2.75, 3.05) is 38.1 Å². The zero-order valence-electron chi connectivity index (χ0n) is 15.8. The summed E-state index contributed by atoms with van der Waals surface area (Å²) in [4.78, 5) is 36.4. The van der Waals surface area contributed by atoms with Crippen molar-refractivity contribution in [1.29, 1.82) is 0 Å². The van der Waals surface area contributed by atoms with Gasteiger partial charge in [-0.3, -0.25) is 18.9 Å². The summed E-state index contributed by atoms with van der Waals surface area (Å²) in [5.74, 6) is 0.737. The normalized spacial score (nSPS) is 16.8. The van der Waals surface area contributed by atoms with Crippen LogP contribution in [-0.2, 0) is 7.05 Å². The third kappa shape index (κ3) is 2.95. The van der Waals surface area contributed by atoms with Crippen LogP contribution in [0.4, 0.5) is 5.95 Å². The second-order valence-electron chi connectivity index (χ2n) is 7.15. The summed E-state index contributed by atoms with van der Waals surface area (Å²) in [6.45, 7) is 5.57. The molecule has 1 atom stereocenters. The molecule has 1 aromatic carbocycles. The molecule has 4 rings (SSSR count). The average Bonchev–Trinajstić information content (AvgIpc) is 3.08. The summed E-state index contributed by atoms with van der Waals surface area (Å²) in [6, 6.07) is 9.94. The van der Waals surface area contributed by atoms with E-state index in [0.717, 1.165) is 37.7 Å². The molecule has 0 amide bonds. The van der Waals surface area contributed by atoms with E-state index in [2.05, 4.69) is 28.8 Å². The molecule has 1 saturated heterocycles. The van der Waals surface area contributed by atoms with Gasteiger partial charge >= 0.3 is 5.69 Å². The van der Waals surface area contributed by atoms with Crippen LogP contribution in [0.1, 0.15) is 18.5 Å². The molecule has 1 N–H and O–H groups in total. The molecule has 142 valence electrons. The molecule has 8 nitrogen and oxygen atoms in total. The summed E-state index contributed by atoms with van der Waals surface area (Å²) in [5, 5.41) is 0. The molecular formula is C19H24N6O2. The number of H-pyrrole nitrogens is 1. The Morgan fingerprint density at radius 3 is 2.37 bits per heavy atom. The standard InChI is InChI=1S/C19H24N6O2/c1-13(14-7-5-4-6-8-14)25-15-16(23(3)19(27)21-17(15)26)20-18(25)24-11-9-22(2)10-12-24/h4-8,13H,9-12H2,1-3H3,(H,21,26,27). The number of aryl methyl sites for hydroxylation is 1. The van der Waals surface area contributed by atoms with Gasteiger partial charge in [0.2, 0.25) is 5.95 Å². The Labute approximate surface area is 156 Å². The minimum Gasteiger partial charge on any atom is -0.340 e. The number of imidazole rings is 1. The van der Waals surface area contributed by atoms with Gasteiger partial charge in [-0.1, -0.05) is 30.3 Å². The highest BCUT2D eigenvalue weighted by Crippen LogP contribution is 2.29. The molecule has 1 unspecified atom stereocenters. The zero-order chi connectivity index (χ0) is 19.1. The van der Waals surface area contributed by atoms with Crippen molar-refractivity contribution in [2.45, 2.75) is 13.0 Å². The van der Waals surface area contributed by atoms with Gasteiger partial charge in [-0.2, -0.15) is 4.98 Å². The molecule has 3 aromatic rings. The fourth-order valence-electron chi connectivity index (χ4n) is 3.67. The smallest absolute Gasteiger partial charge is 0.329 e. The number of nitrogens with one attached hydrogen (secondary N) is 1. The largest absolute Gasteiger partial charge is 0.340 e. The molecule has 0 radical (unpaired) electrons. The summed E-state index contributed by atoms with van der Waals surface area (Å²) in [5.41, 5.74) is 1.08. The minimum atomic E-state index is -0.450. The fourth-order valence-corrected chi connectivity index (χ4v) is 3.67. The maximum atomic E-state index is 12.7. The van der Waals surface area contributed by atoms with E-state index < -0.39 is 11.2 Å². The first-order chi connectivity index (χ1) is 13.0. The van der Waals surface area contributed by atoms with Gasteiger partial charge in [-0.05, 0) is 19.5 Å². The third-order valence-electron chi connectivity index (χ3n) is 5.39. The van der Waals surface area contributed by atoms with Crippen LogP contribution in [0.2, 0.25) is 0 Å². The van der Waals surface area contributed by atoms with Crippen molar-refractivity contribution in [3.8, 4) is 0 Å².